The summed E-state index contributed by atoms with van der Waals surface area (Å²) in [5.74, 6) is 0.683. The summed E-state index contributed by atoms with van der Waals surface area (Å²) in [5.41, 5.74) is 3.02. The van der Waals surface area contributed by atoms with Crippen LogP contribution in [0.25, 0.3) is 0 Å². The zero-order chi connectivity index (χ0) is 18.7. The molecular formula is C21H20O5. The summed E-state index contributed by atoms with van der Waals surface area (Å²) in [4.78, 5) is 24.2. The minimum atomic E-state index is -0.464. The topological polar surface area (TPSA) is 61.8 Å². The van der Waals surface area contributed by atoms with Gasteiger partial charge in [-0.1, -0.05) is 30.3 Å². The molecule has 2 aromatic carbocycles. The minimum Gasteiger partial charge on any atom is -0.482 e. The van der Waals surface area contributed by atoms with Crippen molar-refractivity contribution < 1.29 is 23.8 Å². The summed E-state index contributed by atoms with van der Waals surface area (Å²) in [6.45, 7) is 5.46. The van der Waals surface area contributed by atoms with Gasteiger partial charge in [-0.3, -0.25) is 4.79 Å². The fraction of sp³-hybridized carbons (Fsp3) is 0.238. The lowest BCUT2D eigenvalue weighted by molar-refractivity contribution is -0.147. The number of allylic oxidation sites excluding steroid dienone is 2. The number of aryl methyl sites for hydroxylation is 1. The summed E-state index contributed by atoms with van der Waals surface area (Å²) >= 11 is 0. The third kappa shape index (κ3) is 3.77. The van der Waals surface area contributed by atoms with E-state index >= 15 is 0 Å². The van der Waals surface area contributed by atoms with Crippen molar-refractivity contribution in [3.05, 3.63) is 70.5 Å². The van der Waals surface area contributed by atoms with Gasteiger partial charge >= 0.3 is 5.97 Å². The normalized spacial score (nSPS) is 12.4. The lowest BCUT2D eigenvalue weighted by Gasteiger charge is -2.09. The number of ketones is 1. The van der Waals surface area contributed by atoms with E-state index in [2.05, 4.69) is 0 Å². The van der Waals surface area contributed by atoms with Crippen LogP contribution in [0.1, 0.15) is 35.3 Å². The third-order valence-electron chi connectivity index (χ3n) is 3.97. The fourth-order valence-electron chi connectivity index (χ4n) is 2.70. The summed E-state index contributed by atoms with van der Waals surface area (Å²) in [5, 5.41) is 0. The number of carbonyl (C=O) groups excluding carboxylic acids is 2. The Labute approximate surface area is 152 Å². The molecule has 1 heterocycles. The summed E-state index contributed by atoms with van der Waals surface area (Å²) in [6, 6.07) is 12.8. The maximum atomic E-state index is 12.4. The summed E-state index contributed by atoms with van der Waals surface area (Å²) in [6.07, 6.45) is 0. The Morgan fingerprint density at radius 2 is 1.85 bits per heavy atom. The standard InChI is InChI=1S/C21H20O5/c1-13(2)21-20(23)19-14(3)9-16(10-17(19)26-21)24-12-18(22)25-11-15-7-5-4-6-8-15/h4-10H,11-12H2,1-3H3. The van der Waals surface area contributed by atoms with Crippen molar-refractivity contribution in [3.63, 3.8) is 0 Å². The minimum absolute atomic E-state index is 0.119. The average Bonchev–Trinajstić information content (AvgIpc) is 2.96. The van der Waals surface area contributed by atoms with Crippen molar-refractivity contribution in [1.82, 2.24) is 0 Å². The number of hydrogen-bond donors (Lipinski definition) is 0. The van der Waals surface area contributed by atoms with E-state index in [0.29, 0.717) is 22.8 Å². The van der Waals surface area contributed by atoms with Crippen LogP contribution in [-0.4, -0.2) is 18.4 Å². The largest absolute Gasteiger partial charge is 0.482 e. The number of Topliss-reactive ketones (excluding diaryl/α,β-unsaturated/α-hetero) is 1. The van der Waals surface area contributed by atoms with Crippen LogP contribution in [0, 0.1) is 6.92 Å². The van der Waals surface area contributed by atoms with Crippen LogP contribution in [-0.2, 0) is 16.1 Å². The Hall–Kier alpha value is -3.08. The molecule has 1 aliphatic rings. The second kappa shape index (κ2) is 7.44. The number of carbonyl (C=O) groups is 2. The summed E-state index contributed by atoms with van der Waals surface area (Å²) in [7, 11) is 0. The molecule has 5 nitrogen and oxygen atoms in total. The molecule has 0 aromatic heterocycles. The molecule has 134 valence electrons. The van der Waals surface area contributed by atoms with Crippen LogP contribution in [0.5, 0.6) is 11.5 Å². The Kier molecular flexibility index (Phi) is 5.07. The molecule has 0 unspecified atom stereocenters. The zero-order valence-corrected chi connectivity index (χ0v) is 15.0. The molecule has 3 rings (SSSR count). The van der Waals surface area contributed by atoms with E-state index in [1.54, 1.807) is 12.1 Å². The Morgan fingerprint density at radius 1 is 1.12 bits per heavy atom. The molecule has 1 aliphatic heterocycles. The van der Waals surface area contributed by atoms with E-state index in [1.807, 2.05) is 51.1 Å². The highest BCUT2D eigenvalue weighted by Gasteiger charge is 2.30. The van der Waals surface area contributed by atoms with Crippen molar-refractivity contribution in [2.24, 2.45) is 0 Å². The van der Waals surface area contributed by atoms with Crippen LogP contribution < -0.4 is 9.47 Å². The van der Waals surface area contributed by atoms with Gasteiger partial charge < -0.3 is 14.2 Å². The molecule has 5 heteroatoms. The number of fused-ring (bicyclic) bond motifs is 1. The van der Waals surface area contributed by atoms with Gasteiger partial charge in [-0.25, -0.2) is 4.79 Å². The first kappa shape index (κ1) is 17.7. The van der Waals surface area contributed by atoms with Gasteiger partial charge in [0, 0.05) is 6.07 Å². The zero-order valence-electron chi connectivity index (χ0n) is 15.0. The molecule has 0 atom stereocenters. The van der Waals surface area contributed by atoms with Crippen molar-refractivity contribution >= 4 is 11.8 Å². The maximum absolute atomic E-state index is 12.4. The van der Waals surface area contributed by atoms with E-state index in [0.717, 1.165) is 16.7 Å². The van der Waals surface area contributed by atoms with E-state index in [-0.39, 0.29) is 19.0 Å². The van der Waals surface area contributed by atoms with Crippen LogP contribution >= 0.6 is 0 Å². The molecular weight excluding hydrogens is 332 g/mol. The summed E-state index contributed by atoms with van der Waals surface area (Å²) < 4.78 is 16.3. The molecule has 26 heavy (non-hydrogen) atoms. The van der Waals surface area contributed by atoms with Gasteiger partial charge in [0.1, 0.15) is 18.1 Å². The van der Waals surface area contributed by atoms with Gasteiger partial charge in [0.05, 0.1) is 5.56 Å². The predicted octanol–water partition coefficient (Wildman–Crippen LogP) is 3.99. The van der Waals surface area contributed by atoms with Crippen molar-refractivity contribution in [2.75, 3.05) is 6.61 Å². The second-order valence-electron chi connectivity index (χ2n) is 6.31. The molecule has 0 fully saturated rings. The highest BCUT2D eigenvalue weighted by atomic mass is 16.6. The lowest BCUT2D eigenvalue weighted by Crippen LogP contribution is -2.14. The van der Waals surface area contributed by atoms with E-state index in [1.165, 1.54) is 0 Å². The Morgan fingerprint density at radius 3 is 2.54 bits per heavy atom. The number of rotatable bonds is 5. The lowest BCUT2D eigenvalue weighted by atomic mass is 10.0. The van der Waals surface area contributed by atoms with Gasteiger partial charge in [-0.15, -0.1) is 0 Å². The highest BCUT2D eigenvalue weighted by molar-refractivity contribution is 6.13. The predicted molar refractivity (Wildman–Crippen MR) is 96.2 cm³/mol. The van der Waals surface area contributed by atoms with Gasteiger partial charge in [-0.2, -0.15) is 0 Å². The molecule has 2 aromatic rings. The van der Waals surface area contributed by atoms with Crippen molar-refractivity contribution in [2.45, 2.75) is 27.4 Å². The molecule has 0 amide bonds. The number of benzene rings is 2. The van der Waals surface area contributed by atoms with Crippen molar-refractivity contribution in [3.8, 4) is 11.5 Å². The van der Waals surface area contributed by atoms with Crippen LogP contribution in [0.15, 0.2) is 53.8 Å². The second-order valence-corrected chi connectivity index (χ2v) is 6.31. The van der Waals surface area contributed by atoms with E-state index in [4.69, 9.17) is 14.2 Å². The molecule has 0 N–H and O–H groups in total. The first-order chi connectivity index (χ1) is 12.5. The molecule has 0 radical (unpaired) electrons. The van der Waals surface area contributed by atoms with Crippen molar-refractivity contribution in [1.29, 1.82) is 0 Å². The third-order valence-corrected chi connectivity index (χ3v) is 3.97. The van der Waals surface area contributed by atoms with Gasteiger partial charge in [-0.05, 0) is 43.5 Å². The highest BCUT2D eigenvalue weighted by Crippen LogP contribution is 2.37. The van der Waals surface area contributed by atoms with Crippen LogP contribution in [0.3, 0.4) is 0 Å². The first-order valence-corrected chi connectivity index (χ1v) is 8.32. The molecule has 0 spiro atoms. The molecule has 0 saturated carbocycles. The average molecular weight is 352 g/mol. The van der Waals surface area contributed by atoms with E-state index < -0.39 is 5.97 Å². The van der Waals surface area contributed by atoms with Crippen LogP contribution in [0.4, 0.5) is 0 Å². The fourth-order valence-corrected chi connectivity index (χ4v) is 2.70. The first-order valence-electron chi connectivity index (χ1n) is 8.32. The smallest absolute Gasteiger partial charge is 0.344 e. The Bertz CT molecular complexity index is 877. The molecule has 0 aliphatic carbocycles. The number of ether oxygens (including phenoxy) is 3. The van der Waals surface area contributed by atoms with Gasteiger partial charge in [0.25, 0.3) is 0 Å². The van der Waals surface area contributed by atoms with Gasteiger partial charge in [0.2, 0.25) is 5.78 Å². The SMILES string of the molecule is CC(C)=C1Oc2cc(OCC(=O)OCc3ccccc3)cc(C)c2C1=O. The number of esters is 1. The maximum Gasteiger partial charge on any atom is 0.344 e. The van der Waals surface area contributed by atoms with E-state index in [9.17, 15) is 9.59 Å². The quantitative estimate of drug-likeness (QED) is 0.601. The molecule has 0 bridgehead atoms. The number of hydrogen-bond acceptors (Lipinski definition) is 5. The monoisotopic (exact) mass is 352 g/mol. The molecule has 0 saturated heterocycles. The van der Waals surface area contributed by atoms with Gasteiger partial charge in [0.15, 0.2) is 12.4 Å². The Balaban J connectivity index is 1.62. The van der Waals surface area contributed by atoms with Crippen LogP contribution in [0.2, 0.25) is 0 Å².